The summed E-state index contributed by atoms with van der Waals surface area (Å²) < 4.78 is 13.1. The Morgan fingerprint density at radius 2 is 1.53 bits per heavy atom. The maximum Gasteiger partial charge on any atom is 0.243 e. The summed E-state index contributed by atoms with van der Waals surface area (Å²) in [5.74, 6) is 0.219. The van der Waals surface area contributed by atoms with Crippen LogP contribution < -0.4 is 10.8 Å². The van der Waals surface area contributed by atoms with Gasteiger partial charge >= 0.3 is 0 Å². The molecule has 2 amide bonds. The molecule has 1 aliphatic rings. The molecule has 47 heavy (non-hydrogen) atoms. The van der Waals surface area contributed by atoms with E-state index < -0.39 is 12.2 Å². The van der Waals surface area contributed by atoms with Crippen molar-refractivity contribution in [3.8, 4) is 11.1 Å². The second-order valence-electron chi connectivity index (χ2n) is 11.4. The van der Waals surface area contributed by atoms with Crippen LogP contribution in [0.5, 0.6) is 0 Å². The van der Waals surface area contributed by atoms with Crippen LogP contribution in [0.3, 0.4) is 0 Å². The Labute approximate surface area is 278 Å². The number of hydroxylamine groups is 1. The van der Waals surface area contributed by atoms with E-state index in [0.29, 0.717) is 43.1 Å². The molecule has 4 aromatic rings. The van der Waals surface area contributed by atoms with Crippen LogP contribution in [0.15, 0.2) is 96.4 Å². The Kier molecular flexibility index (Phi) is 12.9. The molecule has 1 aliphatic heterocycles. The molecule has 1 saturated heterocycles. The highest BCUT2D eigenvalue weighted by Crippen LogP contribution is 2.40. The molecule has 0 saturated carbocycles. The normalized spacial score (nSPS) is 17.6. The van der Waals surface area contributed by atoms with Gasteiger partial charge in [-0.25, -0.2) is 15.4 Å². The summed E-state index contributed by atoms with van der Waals surface area (Å²) in [5, 5.41) is 21.8. The molecule has 1 fully saturated rings. The number of aromatic nitrogens is 2. The fourth-order valence-electron chi connectivity index (χ4n) is 5.37. The van der Waals surface area contributed by atoms with Gasteiger partial charge in [0.25, 0.3) is 0 Å². The maximum absolute atomic E-state index is 12.4. The van der Waals surface area contributed by atoms with Crippen molar-refractivity contribution in [1.82, 2.24) is 20.8 Å². The van der Waals surface area contributed by atoms with Gasteiger partial charge in [-0.15, -0.1) is 0 Å². The number of unbranched alkanes of at least 4 members (excludes halogenated alkanes) is 2. The van der Waals surface area contributed by atoms with Crippen LogP contribution in [-0.2, 0) is 32.2 Å². The van der Waals surface area contributed by atoms with E-state index in [2.05, 4.69) is 27.4 Å². The Balaban J connectivity index is 1.24. The summed E-state index contributed by atoms with van der Waals surface area (Å²) in [6.07, 6.45) is 5.90. The number of rotatable bonds is 15. The third kappa shape index (κ3) is 10.4. The number of nitrogens with zero attached hydrogens (tertiary/aromatic N) is 2. The van der Waals surface area contributed by atoms with Gasteiger partial charge in [0, 0.05) is 49.5 Å². The number of benzene rings is 3. The smallest absolute Gasteiger partial charge is 0.243 e. The van der Waals surface area contributed by atoms with Crippen molar-refractivity contribution >= 4 is 23.6 Å². The molecular formula is C36H40N4O6S. The number of nitrogens with one attached hydrogen (secondary N) is 2. The number of amides is 2. The van der Waals surface area contributed by atoms with Crippen molar-refractivity contribution in [2.24, 2.45) is 0 Å². The average molecular weight is 657 g/mol. The third-order valence-corrected chi connectivity index (χ3v) is 8.90. The quantitative estimate of drug-likeness (QED) is 0.0396. The Hall–Kier alpha value is -4.13. The minimum atomic E-state index is -0.589. The first-order valence-electron chi connectivity index (χ1n) is 15.8. The molecule has 0 radical (unpaired) electrons. The lowest BCUT2D eigenvalue weighted by Crippen LogP contribution is -2.31. The third-order valence-electron chi connectivity index (χ3n) is 7.90. The lowest BCUT2D eigenvalue weighted by molar-refractivity contribution is -0.245. The molecule has 10 nitrogen and oxygen atoms in total. The van der Waals surface area contributed by atoms with Gasteiger partial charge in [0.2, 0.25) is 11.8 Å². The number of aliphatic hydroxyl groups excluding tert-OH is 1. The largest absolute Gasteiger partial charge is 0.392 e. The van der Waals surface area contributed by atoms with Crippen LogP contribution in [-0.4, -0.2) is 44.0 Å². The van der Waals surface area contributed by atoms with Gasteiger partial charge in [-0.1, -0.05) is 78.8 Å². The summed E-state index contributed by atoms with van der Waals surface area (Å²) in [4.78, 5) is 32.2. The number of carbonyl (C=O) groups excluding carboxylic acids is 2. The van der Waals surface area contributed by atoms with Gasteiger partial charge < -0.3 is 19.9 Å². The van der Waals surface area contributed by atoms with Crippen LogP contribution in [0.2, 0.25) is 0 Å². The molecule has 3 aromatic carbocycles. The van der Waals surface area contributed by atoms with Crippen molar-refractivity contribution in [2.45, 2.75) is 75.3 Å². The summed E-state index contributed by atoms with van der Waals surface area (Å²) in [7, 11) is 0. The average Bonchev–Trinajstić information content (AvgIpc) is 3.13. The molecule has 3 atom stereocenters. The lowest BCUT2D eigenvalue weighted by Gasteiger charge is -2.36. The molecule has 4 N–H and O–H groups in total. The predicted octanol–water partition coefficient (Wildman–Crippen LogP) is 6.05. The van der Waals surface area contributed by atoms with E-state index in [0.717, 1.165) is 39.8 Å². The van der Waals surface area contributed by atoms with Crippen molar-refractivity contribution < 1.29 is 29.4 Å². The molecule has 1 aromatic heterocycles. The van der Waals surface area contributed by atoms with Crippen LogP contribution >= 0.6 is 11.8 Å². The monoisotopic (exact) mass is 656 g/mol. The molecule has 11 heteroatoms. The highest BCUT2D eigenvalue weighted by molar-refractivity contribution is 7.99. The van der Waals surface area contributed by atoms with E-state index in [9.17, 15) is 14.7 Å². The SMILES string of the molecule is O=C(CCCCCC(=O)NCc1cccc(-c2cccc(C3OC(CSc4ncccn4)CC(c4ccc(CO)cc4)O3)c2)c1)NO. The van der Waals surface area contributed by atoms with E-state index in [1.54, 1.807) is 35.7 Å². The Bertz CT molecular complexity index is 1590. The molecule has 246 valence electrons. The first kappa shape index (κ1) is 34.2. The summed E-state index contributed by atoms with van der Waals surface area (Å²) in [6, 6.07) is 25.9. The Morgan fingerprint density at radius 3 is 2.28 bits per heavy atom. The van der Waals surface area contributed by atoms with Crippen molar-refractivity contribution in [2.75, 3.05) is 5.75 Å². The van der Waals surface area contributed by atoms with E-state index in [1.165, 1.54) is 0 Å². The molecular weight excluding hydrogens is 616 g/mol. The fourth-order valence-corrected chi connectivity index (χ4v) is 6.19. The van der Waals surface area contributed by atoms with Gasteiger partial charge in [-0.3, -0.25) is 14.8 Å². The summed E-state index contributed by atoms with van der Waals surface area (Å²) in [6.45, 7) is 0.401. The van der Waals surface area contributed by atoms with Crippen molar-refractivity contribution in [1.29, 1.82) is 0 Å². The van der Waals surface area contributed by atoms with E-state index in [1.807, 2.05) is 60.7 Å². The van der Waals surface area contributed by atoms with Crippen LogP contribution in [0.25, 0.3) is 11.1 Å². The lowest BCUT2D eigenvalue weighted by atomic mass is 9.99. The molecule has 0 spiro atoms. The fraction of sp³-hybridized carbons (Fsp3) is 0.333. The zero-order chi connectivity index (χ0) is 32.8. The van der Waals surface area contributed by atoms with E-state index in [4.69, 9.17) is 14.7 Å². The Morgan fingerprint density at radius 1 is 0.809 bits per heavy atom. The molecule has 0 aliphatic carbocycles. The molecule has 0 bridgehead atoms. The standard InChI is InChI=1S/C36H40N4O6S/c41-23-25-13-15-27(16-14-25)32-21-31(24-47-36-37-17-6-18-38-36)45-35(46-32)30-10-5-9-29(20-30)28-8-4-7-26(19-28)22-39-33(42)11-2-1-3-12-34(43)40-44/h4-10,13-20,31-32,35,41,44H,1-3,11-12,21-24H2,(H,39,42)(H,40,43). The van der Waals surface area contributed by atoms with Crippen molar-refractivity contribution in [3.05, 3.63) is 114 Å². The second-order valence-corrected chi connectivity index (χ2v) is 12.4. The van der Waals surface area contributed by atoms with Crippen molar-refractivity contribution in [3.63, 3.8) is 0 Å². The summed E-state index contributed by atoms with van der Waals surface area (Å²) in [5.41, 5.74) is 7.41. The van der Waals surface area contributed by atoms with Gasteiger partial charge in [-0.2, -0.15) is 0 Å². The first-order chi connectivity index (χ1) is 23.0. The van der Waals surface area contributed by atoms with Crippen LogP contribution in [0.4, 0.5) is 0 Å². The van der Waals surface area contributed by atoms with E-state index >= 15 is 0 Å². The van der Waals surface area contributed by atoms with Crippen LogP contribution in [0.1, 0.15) is 73.2 Å². The number of thioether (sulfide) groups is 1. The van der Waals surface area contributed by atoms with Gasteiger partial charge in [-0.05, 0) is 58.9 Å². The highest BCUT2D eigenvalue weighted by atomic mass is 32.2. The maximum atomic E-state index is 12.4. The van der Waals surface area contributed by atoms with Gasteiger partial charge in [0.1, 0.15) is 0 Å². The zero-order valence-electron chi connectivity index (χ0n) is 26.1. The number of hydrogen-bond donors (Lipinski definition) is 4. The minimum absolute atomic E-state index is 0.0106. The predicted molar refractivity (Wildman–Crippen MR) is 178 cm³/mol. The highest BCUT2D eigenvalue weighted by Gasteiger charge is 2.32. The topological polar surface area (TPSA) is 143 Å². The number of carbonyl (C=O) groups is 2. The molecule has 2 heterocycles. The number of aliphatic hydroxyl groups is 1. The number of hydrogen-bond acceptors (Lipinski definition) is 9. The molecule has 3 unspecified atom stereocenters. The van der Waals surface area contributed by atoms with E-state index in [-0.39, 0.29) is 31.1 Å². The van der Waals surface area contributed by atoms with Gasteiger partial charge in [0.15, 0.2) is 11.4 Å². The second kappa shape index (κ2) is 17.7. The number of ether oxygens (including phenoxy) is 2. The molecule has 5 rings (SSSR count). The van der Waals surface area contributed by atoms with Crippen LogP contribution in [0, 0.1) is 0 Å². The zero-order valence-corrected chi connectivity index (χ0v) is 26.9. The summed E-state index contributed by atoms with van der Waals surface area (Å²) >= 11 is 1.56. The van der Waals surface area contributed by atoms with Gasteiger partial charge in [0.05, 0.1) is 18.8 Å². The minimum Gasteiger partial charge on any atom is -0.392 e. The first-order valence-corrected chi connectivity index (χ1v) is 16.8.